The quantitative estimate of drug-likeness (QED) is 0.722. The van der Waals surface area contributed by atoms with Crippen LogP contribution < -0.4 is 15.8 Å². The van der Waals surface area contributed by atoms with Gasteiger partial charge in [-0.25, -0.2) is 0 Å². The van der Waals surface area contributed by atoms with Crippen LogP contribution in [0.4, 0.5) is 0 Å². The molecule has 0 heterocycles. The summed E-state index contributed by atoms with van der Waals surface area (Å²) in [7, 11) is 7.08. The molecule has 0 aromatic heterocycles. The Morgan fingerprint density at radius 3 is 2.48 bits per heavy atom. The van der Waals surface area contributed by atoms with Crippen LogP contribution in [-0.4, -0.2) is 58.3 Å². The van der Waals surface area contributed by atoms with Crippen molar-refractivity contribution in [3.8, 4) is 5.75 Å². The van der Waals surface area contributed by atoms with Crippen LogP contribution in [0.25, 0.3) is 0 Å². The van der Waals surface area contributed by atoms with Gasteiger partial charge in [0.25, 0.3) is 0 Å². The summed E-state index contributed by atoms with van der Waals surface area (Å²) >= 11 is 0. The Hall–Kier alpha value is -1.05. The second-order valence-corrected chi connectivity index (χ2v) is 5.06. The monoisotopic (exact) mass is 367 g/mol. The lowest BCUT2D eigenvalue weighted by Crippen LogP contribution is -2.45. The molecule has 23 heavy (non-hydrogen) atoms. The summed E-state index contributed by atoms with van der Waals surface area (Å²) in [5.41, 5.74) is 6.77. The minimum Gasteiger partial charge on any atom is -0.497 e. The number of carbonyl (C=O) groups is 1. The minimum absolute atomic E-state index is 0. The lowest BCUT2D eigenvalue weighted by Gasteiger charge is -2.26. The molecule has 134 valence electrons. The Morgan fingerprint density at radius 1 is 1.30 bits per heavy atom. The van der Waals surface area contributed by atoms with Gasteiger partial charge in [0.05, 0.1) is 19.8 Å². The largest absolute Gasteiger partial charge is 0.497 e. The number of nitrogens with zero attached hydrogens (tertiary/aromatic N) is 1. The van der Waals surface area contributed by atoms with Crippen LogP contribution >= 0.6 is 24.8 Å². The van der Waals surface area contributed by atoms with Gasteiger partial charge in [-0.15, -0.1) is 24.8 Å². The third-order valence-corrected chi connectivity index (χ3v) is 3.25. The molecule has 0 aliphatic heterocycles. The van der Waals surface area contributed by atoms with Crippen molar-refractivity contribution in [2.75, 3.05) is 41.5 Å². The number of nitrogens with two attached hydrogens (primary N) is 1. The van der Waals surface area contributed by atoms with Crippen molar-refractivity contribution in [2.24, 2.45) is 5.73 Å². The molecule has 0 saturated heterocycles. The Morgan fingerprint density at radius 2 is 1.96 bits per heavy atom. The number of halogens is 2. The molecule has 2 atom stereocenters. The van der Waals surface area contributed by atoms with Crippen molar-refractivity contribution >= 4 is 30.7 Å². The molecule has 0 saturated carbocycles. The van der Waals surface area contributed by atoms with Crippen LogP contribution in [-0.2, 0) is 9.53 Å². The van der Waals surface area contributed by atoms with Gasteiger partial charge in [-0.3, -0.25) is 4.79 Å². The van der Waals surface area contributed by atoms with Crippen LogP contribution in [0.1, 0.15) is 11.6 Å². The molecular formula is C15H27Cl2N3O3. The van der Waals surface area contributed by atoms with Gasteiger partial charge in [0, 0.05) is 13.7 Å². The predicted octanol–water partition coefficient (Wildman–Crippen LogP) is 1.23. The first kappa shape index (κ1) is 24.2. The number of nitrogens with one attached hydrogen (secondary N) is 1. The maximum Gasteiger partial charge on any atom is 0.239 e. The van der Waals surface area contributed by atoms with Crippen molar-refractivity contribution in [1.29, 1.82) is 0 Å². The molecule has 0 aliphatic rings. The molecule has 8 heteroatoms. The van der Waals surface area contributed by atoms with Crippen molar-refractivity contribution in [3.05, 3.63) is 29.8 Å². The van der Waals surface area contributed by atoms with E-state index in [1.54, 1.807) is 7.11 Å². The second kappa shape index (κ2) is 12.4. The van der Waals surface area contributed by atoms with Crippen LogP contribution in [0.5, 0.6) is 5.75 Å². The normalized spacial score (nSPS) is 12.6. The maximum atomic E-state index is 11.9. The van der Waals surface area contributed by atoms with Gasteiger partial charge < -0.3 is 25.4 Å². The molecule has 1 aromatic carbocycles. The summed E-state index contributed by atoms with van der Waals surface area (Å²) < 4.78 is 10.1. The molecule has 1 aromatic rings. The summed E-state index contributed by atoms with van der Waals surface area (Å²) in [4.78, 5) is 13.9. The average molecular weight is 368 g/mol. The fourth-order valence-electron chi connectivity index (χ4n) is 2.03. The van der Waals surface area contributed by atoms with E-state index in [1.807, 2.05) is 43.3 Å². The van der Waals surface area contributed by atoms with Gasteiger partial charge >= 0.3 is 0 Å². The molecular weight excluding hydrogens is 341 g/mol. The summed E-state index contributed by atoms with van der Waals surface area (Å²) in [6, 6.07) is 7.19. The van der Waals surface area contributed by atoms with Crippen LogP contribution in [0, 0.1) is 0 Å². The number of benzene rings is 1. The van der Waals surface area contributed by atoms with Gasteiger partial charge in [0.15, 0.2) is 0 Å². The third-order valence-electron chi connectivity index (χ3n) is 3.25. The van der Waals surface area contributed by atoms with E-state index in [9.17, 15) is 4.79 Å². The van der Waals surface area contributed by atoms with Gasteiger partial charge in [-0.2, -0.15) is 0 Å². The first-order valence-electron chi connectivity index (χ1n) is 6.82. The summed E-state index contributed by atoms with van der Waals surface area (Å²) in [5, 5.41) is 2.86. The Balaban J connectivity index is 0. The zero-order chi connectivity index (χ0) is 15.8. The number of likely N-dealkylation sites (N-methyl/N-ethyl adjacent to an activating group) is 1. The fraction of sp³-hybridized carbons (Fsp3) is 0.533. The summed E-state index contributed by atoms with van der Waals surface area (Å²) in [6.45, 7) is 0.675. The highest BCUT2D eigenvalue weighted by molar-refractivity contribution is 5.85. The SMILES string of the molecule is COCC(N)C(=O)NCC(c1cccc(OC)c1)N(C)C.Cl.Cl. The number of ether oxygens (including phenoxy) is 2. The van der Waals surface area contributed by atoms with E-state index in [4.69, 9.17) is 15.2 Å². The van der Waals surface area contributed by atoms with Gasteiger partial charge in [-0.1, -0.05) is 12.1 Å². The van der Waals surface area contributed by atoms with Crippen LogP contribution in [0.15, 0.2) is 24.3 Å². The topological polar surface area (TPSA) is 76.8 Å². The number of amides is 1. The zero-order valence-electron chi connectivity index (χ0n) is 13.9. The highest BCUT2D eigenvalue weighted by atomic mass is 35.5. The molecule has 0 fully saturated rings. The summed E-state index contributed by atoms with van der Waals surface area (Å²) in [5.74, 6) is 0.577. The molecule has 2 unspecified atom stereocenters. The molecule has 0 aliphatic carbocycles. The van der Waals surface area contributed by atoms with Crippen molar-refractivity contribution < 1.29 is 14.3 Å². The average Bonchev–Trinajstić information content (AvgIpc) is 2.47. The third kappa shape index (κ3) is 7.85. The number of rotatable bonds is 8. The molecule has 1 amide bonds. The van der Waals surface area contributed by atoms with Gasteiger partial charge in [0.1, 0.15) is 11.8 Å². The Labute approximate surface area is 150 Å². The minimum atomic E-state index is -0.650. The fourth-order valence-corrected chi connectivity index (χ4v) is 2.03. The summed E-state index contributed by atoms with van der Waals surface area (Å²) in [6.07, 6.45) is 0. The lowest BCUT2D eigenvalue weighted by molar-refractivity contribution is -0.123. The number of carbonyl (C=O) groups excluding carboxylic acids is 1. The van der Waals surface area contributed by atoms with E-state index >= 15 is 0 Å². The number of hydrogen-bond donors (Lipinski definition) is 2. The zero-order valence-corrected chi connectivity index (χ0v) is 15.6. The first-order chi connectivity index (χ1) is 9.99. The second-order valence-electron chi connectivity index (χ2n) is 5.06. The van der Waals surface area contributed by atoms with Crippen molar-refractivity contribution in [2.45, 2.75) is 12.1 Å². The number of hydrogen-bond acceptors (Lipinski definition) is 5. The van der Waals surface area contributed by atoms with Crippen LogP contribution in [0.3, 0.4) is 0 Å². The molecule has 3 N–H and O–H groups in total. The molecule has 0 radical (unpaired) electrons. The Kier molecular flexibility index (Phi) is 13.0. The first-order valence-corrected chi connectivity index (χ1v) is 6.82. The van der Waals surface area contributed by atoms with E-state index in [0.717, 1.165) is 11.3 Å². The Bertz CT molecular complexity index is 461. The van der Waals surface area contributed by atoms with E-state index < -0.39 is 6.04 Å². The van der Waals surface area contributed by atoms with E-state index in [0.29, 0.717) is 6.54 Å². The highest BCUT2D eigenvalue weighted by Gasteiger charge is 2.18. The molecule has 0 spiro atoms. The van der Waals surface area contributed by atoms with Crippen LogP contribution in [0.2, 0.25) is 0 Å². The van der Waals surface area contributed by atoms with E-state index in [1.165, 1.54) is 7.11 Å². The van der Waals surface area contributed by atoms with Crippen molar-refractivity contribution in [3.63, 3.8) is 0 Å². The molecule has 1 rings (SSSR count). The predicted molar refractivity (Wildman–Crippen MR) is 96.8 cm³/mol. The smallest absolute Gasteiger partial charge is 0.239 e. The molecule has 6 nitrogen and oxygen atoms in total. The highest BCUT2D eigenvalue weighted by Crippen LogP contribution is 2.22. The van der Waals surface area contributed by atoms with Gasteiger partial charge in [0.2, 0.25) is 5.91 Å². The lowest BCUT2D eigenvalue weighted by atomic mass is 10.1. The number of methoxy groups -OCH3 is 2. The van der Waals surface area contributed by atoms with E-state index in [2.05, 4.69) is 5.32 Å². The maximum absolute atomic E-state index is 11.9. The van der Waals surface area contributed by atoms with Crippen molar-refractivity contribution in [1.82, 2.24) is 10.2 Å². The van der Waals surface area contributed by atoms with E-state index in [-0.39, 0.29) is 43.4 Å². The molecule has 0 bridgehead atoms. The van der Waals surface area contributed by atoms with Gasteiger partial charge in [-0.05, 0) is 31.8 Å². The standard InChI is InChI=1S/C15H25N3O3.2ClH/c1-18(2)14(9-17-15(19)13(16)10-20-3)11-6-5-7-12(8-11)21-4;;/h5-8,13-14H,9-10,16H2,1-4H3,(H,17,19);2*1H.